The van der Waals surface area contributed by atoms with Gasteiger partial charge in [-0.15, -0.1) is 11.8 Å². The number of rotatable bonds is 2. The average molecular weight is 223 g/mol. The number of carbonyl (C=O) groups is 1. The van der Waals surface area contributed by atoms with Crippen LogP contribution in [0, 0.1) is 0 Å². The van der Waals surface area contributed by atoms with Crippen molar-refractivity contribution >= 4 is 17.7 Å². The lowest BCUT2D eigenvalue weighted by Gasteiger charge is -2.36. The van der Waals surface area contributed by atoms with Gasteiger partial charge in [0, 0.05) is 18.0 Å². The van der Waals surface area contributed by atoms with Crippen LogP contribution in [0.25, 0.3) is 0 Å². The highest BCUT2D eigenvalue weighted by atomic mass is 32.2. The Morgan fingerprint density at radius 3 is 2.73 bits per heavy atom. The van der Waals surface area contributed by atoms with Crippen molar-refractivity contribution in [3.63, 3.8) is 0 Å². The highest BCUT2D eigenvalue weighted by Crippen LogP contribution is 2.23. The maximum Gasteiger partial charge on any atom is 0.255 e. The zero-order valence-electron chi connectivity index (χ0n) is 8.51. The summed E-state index contributed by atoms with van der Waals surface area (Å²) >= 11 is 1.57. The molecule has 1 aromatic carbocycles. The second-order valence-corrected chi connectivity index (χ2v) is 4.41. The van der Waals surface area contributed by atoms with Gasteiger partial charge >= 0.3 is 0 Å². The first kappa shape index (κ1) is 10.5. The minimum atomic E-state index is -0.338. The molecule has 0 aromatic heterocycles. The highest BCUT2D eigenvalue weighted by molar-refractivity contribution is 7.98. The fourth-order valence-electron chi connectivity index (χ4n) is 1.61. The maximum atomic E-state index is 12.0. The quantitative estimate of drug-likeness (QED) is 0.766. The smallest absolute Gasteiger partial charge is 0.255 e. The normalized spacial score (nSPS) is 16.3. The van der Waals surface area contributed by atoms with Crippen LogP contribution in [0.15, 0.2) is 29.2 Å². The Morgan fingerprint density at radius 2 is 2.13 bits per heavy atom. The Labute approximate surface area is 93.1 Å². The van der Waals surface area contributed by atoms with Crippen LogP contribution in [-0.2, 0) is 0 Å². The van der Waals surface area contributed by atoms with E-state index in [-0.39, 0.29) is 12.0 Å². The summed E-state index contributed by atoms with van der Waals surface area (Å²) < 4.78 is 0. The number of β-amino-alcohol motifs (C(OH)–C–C–N with tert-alkyl or cyclic N) is 1. The number of nitrogens with zero attached hydrogens (tertiary/aromatic N) is 1. The van der Waals surface area contributed by atoms with Gasteiger partial charge in [-0.25, -0.2) is 0 Å². The Morgan fingerprint density at radius 1 is 1.47 bits per heavy atom. The Kier molecular flexibility index (Phi) is 2.98. The van der Waals surface area contributed by atoms with Crippen LogP contribution in [0.2, 0.25) is 0 Å². The minimum absolute atomic E-state index is 0.0188. The van der Waals surface area contributed by atoms with E-state index in [1.165, 1.54) is 0 Å². The zero-order valence-corrected chi connectivity index (χ0v) is 9.33. The molecule has 15 heavy (non-hydrogen) atoms. The molecule has 2 rings (SSSR count). The largest absolute Gasteiger partial charge is 0.389 e. The first-order valence-electron chi connectivity index (χ1n) is 4.82. The standard InChI is InChI=1S/C11H13NO2S/c1-15-10-5-3-2-4-9(10)11(14)12-6-8(13)7-12/h2-5,8,13H,6-7H2,1H3. The van der Waals surface area contributed by atoms with Crippen LogP contribution in [0.4, 0.5) is 0 Å². The number of hydrogen-bond acceptors (Lipinski definition) is 3. The number of carbonyl (C=O) groups excluding carboxylic acids is 1. The molecule has 1 heterocycles. The molecule has 0 saturated carbocycles. The van der Waals surface area contributed by atoms with E-state index < -0.39 is 0 Å². The van der Waals surface area contributed by atoms with E-state index in [1.807, 2.05) is 30.5 Å². The van der Waals surface area contributed by atoms with E-state index in [2.05, 4.69) is 0 Å². The molecule has 0 atom stereocenters. The third-order valence-corrected chi connectivity index (χ3v) is 3.28. The number of aliphatic hydroxyl groups excluding tert-OH is 1. The van der Waals surface area contributed by atoms with Gasteiger partial charge in [-0.3, -0.25) is 4.79 Å². The monoisotopic (exact) mass is 223 g/mol. The van der Waals surface area contributed by atoms with Crippen molar-refractivity contribution in [3.05, 3.63) is 29.8 Å². The zero-order chi connectivity index (χ0) is 10.8. The van der Waals surface area contributed by atoms with E-state index >= 15 is 0 Å². The molecule has 1 fully saturated rings. The first-order valence-corrected chi connectivity index (χ1v) is 6.05. The number of benzene rings is 1. The number of aliphatic hydroxyl groups is 1. The van der Waals surface area contributed by atoms with Crippen molar-refractivity contribution < 1.29 is 9.90 Å². The molecular weight excluding hydrogens is 210 g/mol. The molecule has 1 amide bonds. The molecule has 0 unspecified atom stereocenters. The predicted octanol–water partition coefficient (Wildman–Crippen LogP) is 1.23. The van der Waals surface area contributed by atoms with E-state index in [0.29, 0.717) is 13.1 Å². The molecule has 0 spiro atoms. The summed E-state index contributed by atoms with van der Waals surface area (Å²) in [5, 5.41) is 9.14. The van der Waals surface area contributed by atoms with Crippen molar-refractivity contribution in [1.82, 2.24) is 4.90 Å². The van der Waals surface area contributed by atoms with Gasteiger partial charge in [-0.1, -0.05) is 12.1 Å². The third kappa shape index (κ3) is 2.01. The summed E-state index contributed by atoms with van der Waals surface area (Å²) in [6.07, 6.45) is 1.62. The van der Waals surface area contributed by atoms with Crippen molar-refractivity contribution in [1.29, 1.82) is 0 Å². The summed E-state index contributed by atoms with van der Waals surface area (Å²) in [5.74, 6) is 0.0188. The molecule has 0 bridgehead atoms. The van der Waals surface area contributed by atoms with Gasteiger partial charge in [0.2, 0.25) is 0 Å². The van der Waals surface area contributed by atoms with E-state index in [9.17, 15) is 4.79 Å². The molecule has 3 nitrogen and oxygen atoms in total. The predicted molar refractivity (Wildman–Crippen MR) is 60.1 cm³/mol. The molecular formula is C11H13NO2S. The van der Waals surface area contributed by atoms with Crippen LogP contribution in [0.1, 0.15) is 10.4 Å². The number of amides is 1. The second-order valence-electron chi connectivity index (χ2n) is 3.56. The van der Waals surface area contributed by atoms with Gasteiger partial charge < -0.3 is 10.0 Å². The second kappa shape index (κ2) is 4.24. The van der Waals surface area contributed by atoms with Crippen molar-refractivity contribution in [2.75, 3.05) is 19.3 Å². The van der Waals surface area contributed by atoms with Crippen LogP contribution >= 0.6 is 11.8 Å². The van der Waals surface area contributed by atoms with Crippen molar-refractivity contribution in [2.24, 2.45) is 0 Å². The molecule has 1 aliphatic heterocycles. The minimum Gasteiger partial charge on any atom is -0.389 e. The summed E-state index contributed by atoms with van der Waals surface area (Å²) in [4.78, 5) is 14.6. The number of thioether (sulfide) groups is 1. The van der Waals surface area contributed by atoms with Gasteiger partial charge in [0.1, 0.15) is 0 Å². The van der Waals surface area contributed by atoms with Crippen LogP contribution < -0.4 is 0 Å². The van der Waals surface area contributed by atoms with Crippen molar-refractivity contribution in [2.45, 2.75) is 11.0 Å². The van der Waals surface area contributed by atoms with Gasteiger partial charge in [-0.05, 0) is 18.4 Å². The number of hydrogen-bond donors (Lipinski definition) is 1. The lowest BCUT2D eigenvalue weighted by molar-refractivity contribution is 0.00566. The summed E-state index contributed by atoms with van der Waals surface area (Å²) in [6, 6.07) is 7.56. The molecule has 80 valence electrons. The molecule has 1 N–H and O–H groups in total. The van der Waals surface area contributed by atoms with Gasteiger partial charge in [0.05, 0.1) is 11.7 Å². The van der Waals surface area contributed by atoms with Gasteiger partial charge in [0.25, 0.3) is 5.91 Å². The van der Waals surface area contributed by atoms with Crippen LogP contribution in [-0.4, -0.2) is 41.4 Å². The van der Waals surface area contributed by atoms with Gasteiger partial charge in [-0.2, -0.15) is 0 Å². The molecule has 0 aliphatic carbocycles. The lowest BCUT2D eigenvalue weighted by Crippen LogP contribution is -2.53. The fraction of sp³-hybridized carbons (Fsp3) is 0.364. The number of likely N-dealkylation sites (tertiary alicyclic amines) is 1. The van der Waals surface area contributed by atoms with Crippen LogP contribution in [0.3, 0.4) is 0 Å². The average Bonchev–Trinajstić information content (AvgIpc) is 2.24. The van der Waals surface area contributed by atoms with Gasteiger partial charge in [0.15, 0.2) is 0 Å². The molecule has 1 saturated heterocycles. The highest BCUT2D eigenvalue weighted by Gasteiger charge is 2.30. The third-order valence-electron chi connectivity index (χ3n) is 2.49. The summed E-state index contributed by atoms with van der Waals surface area (Å²) in [6.45, 7) is 0.920. The summed E-state index contributed by atoms with van der Waals surface area (Å²) in [5.41, 5.74) is 0.733. The van der Waals surface area contributed by atoms with Crippen molar-refractivity contribution in [3.8, 4) is 0 Å². The lowest BCUT2D eigenvalue weighted by atomic mass is 10.1. The molecule has 1 aliphatic rings. The molecule has 4 heteroatoms. The molecule has 1 aromatic rings. The SMILES string of the molecule is CSc1ccccc1C(=O)N1CC(O)C1. The topological polar surface area (TPSA) is 40.5 Å². The van der Waals surface area contributed by atoms with E-state index in [0.717, 1.165) is 10.5 Å². The first-order chi connectivity index (χ1) is 7.22. The summed E-state index contributed by atoms with van der Waals surface area (Å²) in [7, 11) is 0. The fourth-order valence-corrected chi connectivity index (χ4v) is 2.20. The maximum absolute atomic E-state index is 12.0. The Hall–Kier alpha value is -1.00. The Bertz CT molecular complexity index is 375. The Balaban J connectivity index is 2.18. The van der Waals surface area contributed by atoms with Crippen LogP contribution in [0.5, 0.6) is 0 Å². The van der Waals surface area contributed by atoms with E-state index in [1.54, 1.807) is 16.7 Å². The molecule has 0 radical (unpaired) electrons. The van der Waals surface area contributed by atoms with E-state index in [4.69, 9.17) is 5.11 Å².